The Balaban J connectivity index is 2.88. The summed E-state index contributed by atoms with van der Waals surface area (Å²) in [6, 6.07) is 3.66. The van der Waals surface area contributed by atoms with Gasteiger partial charge in [0.2, 0.25) is 0 Å². The monoisotopic (exact) mass is 249 g/mol. The van der Waals surface area contributed by atoms with Crippen molar-refractivity contribution in [2.45, 2.75) is 24.9 Å². The summed E-state index contributed by atoms with van der Waals surface area (Å²) in [7, 11) is 1.76. The van der Waals surface area contributed by atoms with Crippen LogP contribution >= 0.6 is 11.8 Å². The first kappa shape index (κ1) is 13.2. The zero-order valence-corrected chi connectivity index (χ0v) is 10.2. The summed E-state index contributed by atoms with van der Waals surface area (Å²) >= 11 is 0.827. The summed E-state index contributed by atoms with van der Waals surface area (Å²) in [5.74, 6) is -0.847. The van der Waals surface area contributed by atoms with Crippen molar-refractivity contribution in [1.29, 1.82) is 0 Å². The second-order valence-electron chi connectivity index (χ2n) is 3.59. The van der Waals surface area contributed by atoms with Gasteiger partial charge in [0.1, 0.15) is 0 Å². The Kier molecular flexibility index (Phi) is 4.13. The minimum absolute atomic E-state index is 0.673. The van der Waals surface area contributed by atoms with Gasteiger partial charge in [-0.05, 0) is 31.0 Å². The van der Waals surface area contributed by atoms with Gasteiger partial charge in [0.15, 0.2) is 0 Å². The summed E-state index contributed by atoms with van der Waals surface area (Å²) in [6.45, 7) is 3.75. The normalized spacial score (nSPS) is 11.6. The molecule has 0 heterocycles. The van der Waals surface area contributed by atoms with Crippen LogP contribution in [0.4, 0.5) is 18.9 Å². The van der Waals surface area contributed by atoms with E-state index in [0.29, 0.717) is 4.90 Å². The van der Waals surface area contributed by atoms with Gasteiger partial charge >= 0.3 is 6.18 Å². The summed E-state index contributed by atoms with van der Waals surface area (Å²) < 4.78 is 36.3. The van der Waals surface area contributed by atoms with Crippen LogP contribution in [0.15, 0.2) is 17.0 Å². The first-order chi connectivity index (χ1) is 7.33. The molecule has 0 radical (unpaired) electrons. The minimum atomic E-state index is -4.12. The maximum absolute atomic E-state index is 12.1. The van der Waals surface area contributed by atoms with Crippen molar-refractivity contribution in [3.05, 3.63) is 23.3 Å². The third-order valence-electron chi connectivity index (χ3n) is 2.18. The first-order valence-corrected chi connectivity index (χ1v) is 5.80. The van der Waals surface area contributed by atoms with Crippen LogP contribution < -0.4 is 5.32 Å². The van der Waals surface area contributed by atoms with Crippen LogP contribution in [0, 0.1) is 13.8 Å². The second-order valence-corrected chi connectivity index (χ2v) is 4.60. The summed E-state index contributed by atoms with van der Waals surface area (Å²) in [5, 5.41) is 2.97. The van der Waals surface area contributed by atoms with Crippen molar-refractivity contribution in [3.8, 4) is 0 Å². The van der Waals surface area contributed by atoms with Gasteiger partial charge in [-0.1, -0.05) is 6.07 Å². The summed E-state index contributed by atoms with van der Waals surface area (Å²) in [5.41, 5.74) is 2.79. The van der Waals surface area contributed by atoms with Gasteiger partial charge in [-0.15, -0.1) is 11.8 Å². The largest absolute Gasteiger partial charge is 0.398 e. The van der Waals surface area contributed by atoms with E-state index in [2.05, 4.69) is 5.32 Å². The lowest BCUT2D eigenvalue weighted by molar-refractivity contribution is -0.105. The number of rotatable bonds is 3. The van der Waals surface area contributed by atoms with E-state index in [0.717, 1.165) is 28.6 Å². The van der Waals surface area contributed by atoms with Crippen molar-refractivity contribution in [2.24, 2.45) is 0 Å². The predicted octanol–water partition coefficient (Wildman–Crippen LogP) is 4.00. The molecule has 0 spiro atoms. The number of anilines is 1. The number of benzene rings is 1. The summed E-state index contributed by atoms with van der Waals surface area (Å²) in [6.07, 6.45) is -4.12. The van der Waals surface area contributed by atoms with E-state index in [1.54, 1.807) is 13.1 Å². The molecule has 0 unspecified atom stereocenters. The van der Waals surface area contributed by atoms with E-state index >= 15 is 0 Å². The van der Waals surface area contributed by atoms with Crippen LogP contribution in [0.1, 0.15) is 11.1 Å². The number of alkyl halides is 3. The molecule has 0 fully saturated rings. The van der Waals surface area contributed by atoms with E-state index < -0.39 is 11.9 Å². The molecule has 0 aliphatic rings. The van der Waals surface area contributed by atoms with Gasteiger partial charge in [0.05, 0.1) is 5.75 Å². The molecule has 0 aromatic heterocycles. The standard InChI is InChI=1S/C11H14F3NS/c1-7-4-8(2)10(5-9(7)15-3)16-6-11(12,13)14/h4-5,15H,6H2,1-3H3. The molecule has 0 aliphatic heterocycles. The second kappa shape index (κ2) is 4.99. The Morgan fingerprint density at radius 2 is 1.81 bits per heavy atom. The van der Waals surface area contributed by atoms with Crippen LogP contribution in [0.25, 0.3) is 0 Å². The van der Waals surface area contributed by atoms with E-state index in [1.165, 1.54) is 0 Å². The molecule has 1 aromatic rings. The number of halogens is 3. The molecular weight excluding hydrogens is 235 g/mol. The third kappa shape index (κ3) is 3.63. The van der Waals surface area contributed by atoms with Crippen molar-refractivity contribution >= 4 is 17.4 Å². The highest BCUT2D eigenvalue weighted by Crippen LogP contribution is 2.32. The maximum atomic E-state index is 12.1. The molecular formula is C11H14F3NS. The van der Waals surface area contributed by atoms with Crippen LogP contribution in [0.5, 0.6) is 0 Å². The lowest BCUT2D eigenvalue weighted by Gasteiger charge is -2.12. The molecule has 0 bridgehead atoms. The number of hydrogen-bond acceptors (Lipinski definition) is 2. The fraction of sp³-hybridized carbons (Fsp3) is 0.455. The molecule has 1 nitrogen and oxygen atoms in total. The molecule has 0 saturated carbocycles. The number of aryl methyl sites for hydroxylation is 2. The highest BCUT2D eigenvalue weighted by atomic mass is 32.2. The molecule has 0 aliphatic carbocycles. The summed E-state index contributed by atoms with van der Waals surface area (Å²) in [4.78, 5) is 0.673. The van der Waals surface area contributed by atoms with E-state index in [-0.39, 0.29) is 0 Å². The minimum Gasteiger partial charge on any atom is -0.388 e. The molecule has 16 heavy (non-hydrogen) atoms. The Morgan fingerprint density at radius 1 is 1.19 bits per heavy atom. The molecule has 1 aromatic carbocycles. The van der Waals surface area contributed by atoms with Gasteiger partial charge in [-0.25, -0.2) is 0 Å². The molecule has 5 heteroatoms. The Labute approximate surface area is 97.4 Å². The van der Waals surface area contributed by atoms with Gasteiger partial charge in [0, 0.05) is 17.6 Å². The molecule has 1 rings (SSSR count). The Hall–Kier alpha value is -0.840. The van der Waals surface area contributed by atoms with Crippen molar-refractivity contribution < 1.29 is 13.2 Å². The zero-order chi connectivity index (χ0) is 12.3. The van der Waals surface area contributed by atoms with Gasteiger partial charge in [0.25, 0.3) is 0 Å². The quantitative estimate of drug-likeness (QED) is 0.813. The Morgan fingerprint density at radius 3 is 2.31 bits per heavy atom. The third-order valence-corrected chi connectivity index (χ3v) is 3.41. The highest BCUT2D eigenvalue weighted by Gasteiger charge is 2.27. The fourth-order valence-corrected chi connectivity index (χ4v) is 2.22. The van der Waals surface area contributed by atoms with Crippen LogP contribution in [0.2, 0.25) is 0 Å². The van der Waals surface area contributed by atoms with Gasteiger partial charge < -0.3 is 5.32 Å². The highest BCUT2D eigenvalue weighted by molar-refractivity contribution is 7.99. The van der Waals surface area contributed by atoms with E-state index in [4.69, 9.17) is 0 Å². The first-order valence-electron chi connectivity index (χ1n) is 4.82. The maximum Gasteiger partial charge on any atom is 0.398 e. The topological polar surface area (TPSA) is 12.0 Å². The van der Waals surface area contributed by atoms with Crippen LogP contribution in [0.3, 0.4) is 0 Å². The molecule has 0 amide bonds. The van der Waals surface area contributed by atoms with Crippen LogP contribution in [-0.2, 0) is 0 Å². The fourth-order valence-electron chi connectivity index (χ4n) is 1.42. The lowest BCUT2D eigenvalue weighted by Crippen LogP contribution is -2.10. The smallest absolute Gasteiger partial charge is 0.388 e. The van der Waals surface area contributed by atoms with Gasteiger partial charge in [-0.3, -0.25) is 0 Å². The average molecular weight is 249 g/mol. The van der Waals surface area contributed by atoms with Crippen molar-refractivity contribution in [2.75, 3.05) is 18.1 Å². The van der Waals surface area contributed by atoms with Crippen molar-refractivity contribution in [1.82, 2.24) is 0 Å². The molecule has 0 atom stereocenters. The SMILES string of the molecule is CNc1cc(SCC(F)(F)F)c(C)cc1C. The molecule has 90 valence electrons. The molecule has 0 saturated heterocycles. The lowest BCUT2D eigenvalue weighted by atomic mass is 10.1. The average Bonchev–Trinajstić information content (AvgIpc) is 2.15. The van der Waals surface area contributed by atoms with E-state index in [9.17, 15) is 13.2 Å². The predicted molar refractivity (Wildman–Crippen MR) is 62.2 cm³/mol. The Bertz CT molecular complexity index is 374. The van der Waals surface area contributed by atoms with Gasteiger partial charge in [-0.2, -0.15) is 13.2 Å². The number of nitrogens with one attached hydrogen (secondary N) is 1. The zero-order valence-electron chi connectivity index (χ0n) is 9.40. The van der Waals surface area contributed by atoms with E-state index in [1.807, 2.05) is 19.9 Å². The van der Waals surface area contributed by atoms with Crippen LogP contribution in [-0.4, -0.2) is 19.0 Å². The van der Waals surface area contributed by atoms with Crippen molar-refractivity contribution in [3.63, 3.8) is 0 Å². The molecule has 1 N–H and O–H groups in total. The number of thioether (sulfide) groups is 1. The number of hydrogen-bond donors (Lipinski definition) is 1.